The molecule has 10 nitrogen and oxygen atoms in total. The van der Waals surface area contributed by atoms with Gasteiger partial charge in [0.05, 0.1) is 6.42 Å². The molecular formula is C27H34N4O6. The van der Waals surface area contributed by atoms with E-state index in [1.807, 2.05) is 51.1 Å². The van der Waals surface area contributed by atoms with Gasteiger partial charge in [0.2, 0.25) is 0 Å². The fourth-order valence-corrected chi connectivity index (χ4v) is 3.55. The molecule has 0 bridgehead atoms. The lowest BCUT2D eigenvalue weighted by molar-refractivity contribution is -0.144. The van der Waals surface area contributed by atoms with E-state index in [4.69, 9.17) is 9.47 Å². The molecule has 0 aliphatic carbocycles. The average molecular weight is 511 g/mol. The number of rotatable bonds is 7. The Labute approximate surface area is 216 Å². The van der Waals surface area contributed by atoms with Crippen molar-refractivity contribution in [3.8, 4) is 0 Å². The van der Waals surface area contributed by atoms with Crippen LogP contribution in [0.4, 0.5) is 15.3 Å². The maximum absolute atomic E-state index is 12.7. The standard InChI is InChI=1S/C27H34N4O6/c1-27(2,3)37-26(35)31-16-14-30(15-17-31)25(34)29-22-11-7-10-21(18-22)24(33)28-13-12-23(32)36-19-20-8-5-4-6-9-20/h4-11,18H,12-17,19H2,1-3H3,(H,28,33)(H,29,34). The smallest absolute Gasteiger partial charge is 0.410 e. The second-order valence-electron chi connectivity index (χ2n) is 9.62. The molecule has 2 aromatic carbocycles. The first-order valence-corrected chi connectivity index (χ1v) is 12.2. The van der Waals surface area contributed by atoms with Gasteiger partial charge >= 0.3 is 18.1 Å². The summed E-state index contributed by atoms with van der Waals surface area (Å²) in [7, 11) is 0. The zero-order valence-electron chi connectivity index (χ0n) is 21.5. The number of esters is 1. The molecule has 1 saturated heterocycles. The highest BCUT2D eigenvalue weighted by Crippen LogP contribution is 2.15. The average Bonchev–Trinajstić information content (AvgIpc) is 2.87. The van der Waals surface area contributed by atoms with E-state index in [-0.39, 0.29) is 31.5 Å². The van der Waals surface area contributed by atoms with Crippen LogP contribution in [0.1, 0.15) is 43.1 Å². The highest BCUT2D eigenvalue weighted by molar-refractivity contribution is 5.97. The Bertz CT molecular complexity index is 1090. The first-order chi connectivity index (χ1) is 17.6. The van der Waals surface area contributed by atoms with E-state index in [1.54, 1.807) is 34.1 Å². The first kappa shape index (κ1) is 27.5. The normalized spacial score (nSPS) is 13.5. The molecule has 0 aromatic heterocycles. The Morgan fingerprint density at radius 1 is 0.892 bits per heavy atom. The van der Waals surface area contributed by atoms with Crippen LogP contribution in [0.5, 0.6) is 0 Å². The van der Waals surface area contributed by atoms with Crippen molar-refractivity contribution in [3.05, 3.63) is 65.7 Å². The minimum Gasteiger partial charge on any atom is -0.461 e. The van der Waals surface area contributed by atoms with E-state index in [0.717, 1.165) is 5.56 Å². The topological polar surface area (TPSA) is 117 Å². The second-order valence-corrected chi connectivity index (χ2v) is 9.62. The number of ether oxygens (including phenoxy) is 2. The summed E-state index contributed by atoms with van der Waals surface area (Å²) in [5.74, 6) is -0.769. The van der Waals surface area contributed by atoms with Gasteiger partial charge in [0.15, 0.2) is 0 Å². The molecule has 1 aliphatic heterocycles. The second kappa shape index (κ2) is 12.8. The lowest BCUT2D eigenvalue weighted by Crippen LogP contribution is -2.52. The summed E-state index contributed by atoms with van der Waals surface area (Å²) in [5, 5.41) is 5.49. The zero-order chi connectivity index (χ0) is 26.8. The number of anilines is 1. The van der Waals surface area contributed by atoms with Crippen molar-refractivity contribution < 1.29 is 28.7 Å². The minimum atomic E-state index is -0.575. The third kappa shape index (κ3) is 9.14. The lowest BCUT2D eigenvalue weighted by Gasteiger charge is -2.35. The summed E-state index contributed by atoms with van der Waals surface area (Å²) in [5.41, 5.74) is 1.14. The first-order valence-electron chi connectivity index (χ1n) is 12.2. The van der Waals surface area contributed by atoms with Crippen LogP contribution in [0.2, 0.25) is 0 Å². The molecule has 4 amide bonds. The molecule has 1 aliphatic rings. The predicted octanol–water partition coefficient (Wildman–Crippen LogP) is 3.63. The number of hydrogen-bond acceptors (Lipinski definition) is 6. The van der Waals surface area contributed by atoms with Gasteiger partial charge in [0.25, 0.3) is 5.91 Å². The van der Waals surface area contributed by atoms with Gasteiger partial charge in [-0.2, -0.15) is 0 Å². The third-order valence-corrected chi connectivity index (χ3v) is 5.45. The summed E-state index contributed by atoms with van der Waals surface area (Å²) in [6, 6.07) is 15.6. The summed E-state index contributed by atoms with van der Waals surface area (Å²) >= 11 is 0. The Morgan fingerprint density at radius 3 is 2.24 bits per heavy atom. The molecule has 2 aromatic rings. The largest absolute Gasteiger partial charge is 0.461 e. The van der Waals surface area contributed by atoms with Crippen LogP contribution < -0.4 is 10.6 Å². The number of nitrogens with zero attached hydrogens (tertiary/aromatic N) is 2. The SMILES string of the molecule is CC(C)(C)OC(=O)N1CCN(C(=O)Nc2cccc(C(=O)NCCC(=O)OCc3ccccc3)c2)CC1. The van der Waals surface area contributed by atoms with Crippen LogP contribution in [0.25, 0.3) is 0 Å². The molecule has 198 valence electrons. The molecule has 3 rings (SSSR count). The van der Waals surface area contributed by atoms with E-state index < -0.39 is 17.7 Å². The number of amides is 4. The van der Waals surface area contributed by atoms with Gasteiger partial charge in [0.1, 0.15) is 12.2 Å². The monoisotopic (exact) mass is 510 g/mol. The van der Waals surface area contributed by atoms with Crippen molar-refractivity contribution >= 4 is 29.7 Å². The van der Waals surface area contributed by atoms with Crippen molar-refractivity contribution in [1.29, 1.82) is 0 Å². The fraction of sp³-hybridized carbons (Fsp3) is 0.407. The van der Waals surface area contributed by atoms with E-state index in [1.165, 1.54) is 0 Å². The molecule has 2 N–H and O–H groups in total. The molecule has 1 heterocycles. The fourth-order valence-electron chi connectivity index (χ4n) is 3.55. The van der Waals surface area contributed by atoms with Crippen LogP contribution in [0, 0.1) is 0 Å². The molecule has 10 heteroatoms. The Balaban J connectivity index is 1.41. The van der Waals surface area contributed by atoms with Crippen molar-refractivity contribution in [2.45, 2.75) is 39.4 Å². The predicted molar refractivity (Wildman–Crippen MR) is 138 cm³/mol. The number of carbonyl (C=O) groups excluding carboxylic acids is 4. The summed E-state index contributed by atoms with van der Waals surface area (Å²) < 4.78 is 10.6. The van der Waals surface area contributed by atoms with Gasteiger partial charge in [-0.15, -0.1) is 0 Å². The molecule has 0 saturated carbocycles. The number of nitrogens with one attached hydrogen (secondary N) is 2. The number of urea groups is 1. The van der Waals surface area contributed by atoms with Crippen LogP contribution in [0.15, 0.2) is 54.6 Å². The number of hydrogen-bond donors (Lipinski definition) is 2. The number of benzene rings is 2. The van der Waals surface area contributed by atoms with Crippen molar-refractivity contribution in [2.75, 3.05) is 38.0 Å². The molecule has 0 atom stereocenters. The number of piperazine rings is 1. The van der Waals surface area contributed by atoms with Crippen LogP contribution in [0.3, 0.4) is 0 Å². The maximum atomic E-state index is 12.7. The number of carbonyl (C=O) groups is 4. The Kier molecular flexibility index (Phi) is 9.48. The van der Waals surface area contributed by atoms with Gasteiger partial charge in [-0.3, -0.25) is 9.59 Å². The van der Waals surface area contributed by atoms with Crippen LogP contribution >= 0.6 is 0 Å². The Hall–Kier alpha value is -4.08. The van der Waals surface area contributed by atoms with Gasteiger partial charge in [-0.1, -0.05) is 36.4 Å². The summed E-state index contributed by atoms with van der Waals surface area (Å²) in [6.07, 6.45) is -0.347. The van der Waals surface area contributed by atoms with E-state index >= 15 is 0 Å². The molecule has 0 unspecified atom stereocenters. The van der Waals surface area contributed by atoms with Gasteiger partial charge in [0, 0.05) is 44.0 Å². The maximum Gasteiger partial charge on any atom is 0.410 e. The van der Waals surface area contributed by atoms with Gasteiger partial charge < -0.3 is 29.9 Å². The van der Waals surface area contributed by atoms with Crippen LogP contribution in [-0.2, 0) is 20.9 Å². The van der Waals surface area contributed by atoms with E-state index in [9.17, 15) is 19.2 Å². The molecule has 0 radical (unpaired) electrons. The van der Waals surface area contributed by atoms with Gasteiger partial charge in [-0.05, 0) is 44.5 Å². The third-order valence-electron chi connectivity index (χ3n) is 5.45. The molecule has 37 heavy (non-hydrogen) atoms. The van der Waals surface area contributed by atoms with E-state index in [2.05, 4.69) is 10.6 Å². The molecule has 1 fully saturated rings. The zero-order valence-corrected chi connectivity index (χ0v) is 21.5. The highest BCUT2D eigenvalue weighted by atomic mass is 16.6. The Morgan fingerprint density at radius 2 is 1.57 bits per heavy atom. The van der Waals surface area contributed by atoms with Crippen molar-refractivity contribution in [1.82, 2.24) is 15.1 Å². The van der Waals surface area contributed by atoms with Crippen LogP contribution in [-0.4, -0.2) is 72.1 Å². The summed E-state index contributed by atoms with van der Waals surface area (Å²) in [6.45, 7) is 7.23. The van der Waals surface area contributed by atoms with E-state index in [0.29, 0.717) is 37.4 Å². The minimum absolute atomic E-state index is 0.0459. The highest BCUT2D eigenvalue weighted by Gasteiger charge is 2.27. The van der Waals surface area contributed by atoms with Crippen molar-refractivity contribution in [2.24, 2.45) is 0 Å². The quantitative estimate of drug-likeness (QED) is 0.550. The van der Waals surface area contributed by atoms with Crippen molar-refractivity contribution in [3.63, 3.8) is 0 Å². The molecule has 0 spiro atoms. The van der Waals surface area contributed by atoms with Gasteiger partial charge in [-0.25, -0.2) is 9.59 Å². The molecular weight excluding hydrogens is 476 g/mol. The lowest BCUT2D eigenvalue weighted by atomic mass is 10.2. The summed E-state index contributed by atoms with van der Waals surface area (Å²) in [4.78, 5) is 52.5.